The third-order valence-electron chi connectivity index (χ3n) is 7.51. The molecule has 0 saturated carbocycles. The number of hydrogen-bond acceptors (Lipinski definition) is 6. The Hall–Kier alpha value is -3.34. The number of rotatable bonds is 6. The van der Waals surface area contributed by atoms with Crippen LogP contribution in [0.25, 0.3) is 5.57 Å². The summed E-state index contributed by atoms with van der Waals surface area (Å²) in [4.78, 5) is 8.86. The molecule has 8 nitrogen and oxygen atoms in total. The number of nitrogens with zero attached hydrogens (tertiary/aromatic N) is 3. The van der Waals surface area contributed by atoms with E-state index in [9.17, 15) is 8.42 Å². The first-order valence-electron chi connectivity index (χ1n) is 12.7. The molecule has 0 radical (unpaired) electrons. The highest BCUT2D eigenvalue weighted by Crippen LogP contribution is 2.48. The van der Waals surface area contributed by atoms with Crippen molar-refractivity contribution in [2.45, 2.75) is 38.4 Å². The number of allylic oxidation sites excluding steroid dienone is 1. The summed E-state index contributed by atoms with van der Waals surface area (Å²) in [6.45, 7) is 6.47. The molecule has 2 aromatic carbocycles. The van der Waals surface area contributed by atoms with E-state index in [1.165, 1.54) is 12.7 Å². The van der Waals surface area contributed by atoms with Crippen molar-refractivity contribution in [2.24, 2.45) is 0 Å². The first-order valence-corrected chi connectivity index (χ1v) is 15.4. The average molecular weight is 598 g/mol. The standard InChI is InChI=1S/C29H32ClN5O3S2/c1-17-16-29(2,3)34(4)24-15-21(30)20(14-19(17)24)27-26(23-9-7-8-12-31-23)32-28(39)35(27)18-10-11-22(25(13-18)38-5)33-40(6,36)37/h7-16,26-27,33H,1-6H3,(H,32,39)/t26-,27+/m1/s1. The SMILES string of the molecule is COc1cc(N2C(=S)N[C@H](c3ccccn3)[C@@H]2c2cc3c(cc2Cl)N(C)C(C)(C)C=C3C)ccc1NS(C)(=O)=O. The highest BCUT2D eigenvalue weighted by atomic mass is 35.5. The number of aromatic nitrogens is 1. The second-order valence-electron chi connectivity index (χ2n) is 10.7. The van der Waals surface area contributed by atoms with Gasteiger partial charge in [0.2, 0.25) is 10.0 Å². The Morgan fingerprint density at radius 3 is 2.58 bits per heavy atom. The van der Waals surface area contributed by atoms with E-state index in [1.54, 1.807) is 18.3 Å². The number of likely N-dealkylation sites (N-methyl/N-ethyl adjacent to an activating group) is 1. The summed E-state index contributed by atoms with van der Waals surface area (Å²) in [6.07, 6.45) is 5.12. The zero-order chi connectivity index (χ0) is 29.0. The molecule has 210 valence electrons. The number of thiocarbonyl (C=S) groups is 1. The van der Waals surface area contributed by atoms with Crippen molar-refractivity contribution in [2.75, 3.05) is 34.9 Å². The van der Waals surface area contributed by atoms with Gasteiger partial charge in [-0.1, -0.05) is 23.7 Å². The maximum absolute atomic E-state index is 11.9. The molecule has 5 rings (SSSR count). The van der Waals surface area contributed by atoms with Crippen LogP contribution in [-0.2, 0) is 10.0 Å². The fourth-order valence-corrected chi connectivity index (χ4v) is 6.66. The van der Waals surface area contributed by atoms with Crippen molar-refractivity contribution in [3.05, 3.63) is 82.6 Å². The van der Waals surface area contributed by atoms with Gasteiger partial charge in [0, 0.05) is 41.3 Å². The molecule has 1 aromatic heterocycles. The summed E-state index contributed by atoms with van der Waals surface area (Å²) in [5.74, 6) is 0.366. The summed E-state index contributed by atoms with van der Waals surface area (Å²) in [5, 5.41) is 4.56. The van der Waals surface area contributed by atoms with Gasteiger partial charge in [-0.15, -0.1) is 0 Å². The maximum Gasteiger partial charge on any atom is 0.229 e. The number of benzene rings is 2. The first-order chi connectivity index (χ1) is 18.8. The number of ether oxygens (including phenoxy) is 1. The summed E-state index contributed by atoms with van der Waals surface area (Å²) in [6, 6.07) is 14.5. The molecule has 2 aliphatic rings. The minimum atomic E-state index is -3.50. The summed E-state index contributed by atoms with van der Waals surface area (Å²) < 4.78 is 31.9. The van der Waals surface area contributed by atoms with Crippen LogP contribution in [0.5, 0.6) is 5.75 Å². The van der Waals surface area contributed by atoms with E-state index in [1.807, 2.05) is 35.2 Å². The smallest absolute Gasteiger partial charge is 0.229 e. The highest BCUT2D eigenvalue weighted by molar-refractivity contribution is 7.92. The Kier molecular flexibility index (Phi) is 7.22. The summed E-state index contributed by atoms with van der Waals surface area (Å²) in [7, 11) is 0.0693. The Morgan fingerprint density at radius 1 is 1.18 bits per heavy atom. The van der Waals surface area contributed by atoms with Gasteiger partial charge in [0.05, 0.1) is 42.4 Å². The Balaban J connectivity index is 1.68. The Morgan fingerprint density at radius 2 is 1.93 bits per heavy atom. The second kappa shape index (κ2) is 10.2. The lowest BCUT2D eigenvalue weighted by molar-refractivity contribution is 0.417. The van der Waals surface area contributed by atoms with Gasteiger partial charge >= 0.3 is 0 Å². The maximum atomic E-state index is 11.9. The summed E-state index contributed by atoms with van der Waals surface area (Å²) >= 11 is 13.0. The fourth-order valence-electron chi connectivity index (χ4n) is 5.48. The third kappa shape index (κ3) is 5.11. The number of pyridine rings is 1. The predicted molar refractivity (Wildman–Crippen MR) is 167 cm³/mol. The first kappa shape index (κ1) is 28.2. The number of methoxy groups -OCH3 is 1. The largest absolute Gasteiger partial charge is 0.494 e. The third-order valence-corrected chi connectivity index (χ3v) is 8.74. The molecule has 0 aliphatic carbocycles. The highest BCUT2D eigenvalue weighted by Gasteiger charge is 2.43. The molecule has 0 unspecified atom stereocenters. The van der Waals surface area contributed by atoms with Gasteiger partial charge in [0.1, 0.15) is 5.75 Å². The van der Waals surface area contributed by atoms with Gasteiger partial charge in [0.15, 0.2) is 5.11 Å². The van der Waals surface area contributed by atoms with Gasteiger partial charge in [-0.3, -0.25) is 9.71 Å². The van der Waals surface area contributed by atoms with Crippen LogP contribution >= 0.6 is 23.8 Å². The van der Waals surface area contributed by atoms with Crippen molar-refractivity contribution >= 4 is 61.6 Å². The molecule has 2 N–H and O–H groups in total. The van der Waals surface area contributed by atoms with Gasteiger partial charge < -0.3 is 19.9 Å². The Labute approximate surface area is 246 Å². The van der Waals surface area contributed by atoms with E-state index in [2.05, 4.69) is 59.9 Å². The normalized spacial score (nSPS) is 20.1. The molecule has 3 aromatic rings. The molecule has 2 aliphatic heterocycles. The van der Waals surface area contributed by atoms with E-state index in [-0.39, 0.29) is 17.6 Å². The molecular weight excluding hydrogens is 566 g/mol. The molecule has 0 amide bonds. The number of fused-ring (bicyclic) bond motifs is 1. The van der Waals surface area contributed by atoms with Crippen molar-refractivity contribution in [3.8, 4) is 5.75 Å². The molecule has 0 spiro atoms. The number of halogens is 1. The van der Waals surface area contributed by atoms with Crippen LogP contribution in [0, 0.1) is 0 Å². The lowest BCUT2D eigenvalue weighted by atomic mass is 9.86. The predicted octanol–water partition coefficient (Wildman–Crippen LogP) is 5.92. The van der Waals surface area contributed by atoms with Crippen LogP contribution in [0.2, 0.25) is 5.02 Å². The van der Waals surface area contributed by atoms with Crippen LogP contribution in [0.1, 0.15) is 49.7 Å². The van der Waals surface area contributed by atoms with Crippen molar-refractivity contribution in [3.63, 3.8) is 0 Å². The summed E-state index contributed by atoms with van der Waals surface area (Å²) in [5.41, 5.74) is 5.94. The zero-order valence-electron chi connectivity index (χ0n) is 23.2. The molecule has 1 saturated heterocycles. The van der Waals surface area contributed by atoms with Crippen molar-refractivity contribution in [1.29, 1.82) is 0 Å². The molecule has 11 heteroatoms. The number of anilines is 3. The van der Waals surface area contributed by atoms with Crippen LogP contribution in [0.4, 0.5) is 17.1 Å². The quantitative estimate of drug-likeness (QED) is 0.339. The molecule has 40 heavy (non-hydrogen) atoms. The number of hydrogen-bond donors (Lipinski definition) is 2. The monoisotopic (exact) mass is 597 g/mol. The van der Waals surface area contributed by atoms with Gasteiger partial charge in [-0.2, -0.15) is 0 Å². The van der Waals surface area contributed by atoms with E-state index >= 15 is 0 Å². The molecule has 1 fully saturated rings. The van der Waals surface area contributed by atoms with E-state index in [0.29, 0.717) is 21.6 Å². The number of nitrogens with one attached hydrogen (secondary N) is 2. The van der Waals surface area contributed by atoms with Crippen LogP contribution in [0.15, 0.2) is 60.8 Å². The minimum absolute atomic E-state index is 0.154. The molecule has 3 heterocycles. The topological polar surface area (TPSA) is 86.8 Å². The van der Waals surface area contributed by atoms with Crippen molar-refractivity contribution < 1.29 is 13.2 Å². The zero-order valence-corrected chi connectivity index (χ0v) is 25.6. The van der Waals surface area contributed by atoms with E-state index < -0.39 is 10.0 Å². The van der Waals surface area contributed by atoms with Crippen molar-refractivity contribution in [1.82, 2.24) is 10.3 Å². The molecular formula is C29H32ClN5O3S2. The fraction of sp³-hybridized carbons (Fsp3) is 0.310. The minimum Gasteiger partial charge on any atom is -0.494 e. The lowest BCUT2D eigenvalue weighted by Crippen LogP contribution is -2.42. The van der Waals surface area contributed by atoms with Crippen LogP contribution in [-0.4, -0.2) is 44.5 Å². The van der Waals surface area contributed by atoms with Gasteiger partial charge in [-0.25, -0.2) is 8.42 Å². The van der Waals surface area contributed by atoms with Gasteiger partial charge in [0.25, 0.3) is 0 Å². The second-order valence-corrected chi connectivity index (χ2v) is 13.2. The molecule has 2 atom stereocenters. The Bertz CT molecular complexity index is 1630. The van der Waals surface area contributed by atoms with Crippen LogP contribution in [0.3, 0.4) is 0 Å². The van der Waals surface area contributed by atoms with Crippen LogP contribution < -0.4 is 24.6 Å². The number of sulfonamides is 1. The molecule has 0 bridgehead atoms. The van der Waals surface area contributed by atoms with E-state index in [0.717, 1.165) is 34.5 Å². The lowest BCUT2D eigenvalue weighted by Gasteiger charge is -2.41. The van der Waals surface area contributed by atoms with E-state index in [4.69, 9.17) is 28.6 Å². The average Bonchev–Trinajstić information content (AvgIpc) is 3.23. The van der Waals surface area contributed by atoms with Gasteiger partial charge in [-0.05, 0) is 80.5 Å².